The Morgan fingerprint density at radius 3 is 2.59 bits per heavy atom. The summed E-state index contributed by atoms with van der Waals surface area (Å²) in [6.07, 6.45) is 6.23. The molecule has 1 aliphatic heterocycles. The van der Waals surface area contributed by atoms with E-state index >= 15 is 0 Å². The van der Waals surface area contributed by atoms with Gasteiger partial charge in [-0.1, -0.05) is 27.2 Å². The van der Waals surface area contributed by atoms with E-state index < -0.39 is 11.4 Å². The molecule has 0 aromatic carbocycles. The van der Waals surface area contributed by atoms with Crippen molar-refractivity contribution in [1.29, 1.82) is 0 Å². The van der Waals surface area contributed by atoms with Gasteiger partial charge in [0, 0.05) is 47.4 Å². The standard InChI is InChI=1S/C22H28N4O3/c1-6-7-17-18-19(25-24-17)16(21(28)29-14(2)3)12-26(13-22(18,4)5)20(27)15-8-10-23-11-9-15/h8-12,14H,6-7,13H2,1-5H3,(H,24,25). The molecule has 7 nitrogen and oxygen atoms in total. The van der Waals surface area contributed by atoms with Gasteiger partial charge in [0.25, 0.3) is 5.91 Å². The first-order valence-electron chi connectivity index (χ1n) is 9.96. The SMILES string of the molecule is CCCc1[nH]nc2c1C(C)(C)CN(C(=O)c1ccncc1)C=C2C(=O)OC(C)C. The van der Waals surface area contributed by atoms with Crippen molar-refractivity contribution in [2.75, 3.05) is 6.54 Å². The van der Waals surface area contributed by atoms with Crippen LogP contribution in [-0.2, 0) is 21.4 Å². The molecule has 3 heterocycles. The first-order chi connectivity index (χ1) is 13.7. The summed E-state index contributed by atoms with van der Waals surface area (Å²) in [5.41, 5.74) is 2.92. The van der Waals surface area contributed by atoms with Crippen molar-refractivity contribution in [3.8, 4) is 0 Å². The molecule has 0 saturated carbocycles. The fraction of sp³-hybridized carbons (Fsp3) is 0.455. The number of hydrogen-bond donors (Lipinski definition) is 1. The number of aromatic nitrogens is 3. The number of rotatable bonds is 5. The molecule has 0 spiro atoms. The Labute approximate surface area is 171 Å². The molecule has 0 bridgehead atoms. The fourth-order valence-corrected chi connectivity index (χ4v) is 3.72. The highest BCUT2D eigenvalue weighted by molar-refractivity contribution is 6.17. The molecule has 1 N–H and O–H groups in total. The summed E-state index contributed by atoms with van der Waals surface area (Å²) >= 11 is 0. The first-order valence-corrected chi connectivity index (χ1v) is 9.96. The second kappa shape index (κ2) is 8.19. The number of amides is 1. The van der Waals surface area contributed by atoms with Crippen LogP contribution in [0.5, 0.6) is 0 Å². The molecule has 0 saturated heterocycles. The van der Waals surface area contributed by atoms with Gasteiger partial charge in [-0.2, -0.15) is 5.10 Å². The Morgan fingerprint density at radius 1 is 1.28 bits per heavy atom. The summed E-state index contributed by atoms with van der Waals surface area (Å²) in [7, 11) is 0. The van der Waals surface area contributed by atoms with Crippen molar-refractivity contribution in [2.45, 2.75) is 59.0 Å². The highest BCUT2D eigenvalue weighted by atomic mass is 16.5. The lowest BCUT2D eigenvalue weighted by molar-refractivity contribution is -0.140. The van der Waals surface area contributed by atoms with Gasteiger partial charge in [-0.25, -0.2) is 4.79 Å². The Balaban J connectivity index is 2.12. The van der Waals surface area contributed by atoms with E-state index in [-0.39, 0.29) is 12.0 Å². The molecule has 0 atom stereocenters. The van der Waals surface area contributed by atoms with Crippen LogP contribution >= 0.6 is 0 Å². The number of aryl methyl sites for hydroxylation is 1. The third-order valence-electron chi connectivity index (χ3n) is 4.87. The largest absolute Gasteiger partial charge is 0.459 e. The highest BCUT2D eigenvalue weighted by Gasteiger charge is 2.38. The molecule has 2 aromatic rings. The number of hydrogen-bond acceptors (Lipinski definition) is 5. The number of ether oxygens (including phenoxy) is 1. The maximum Gasteiger partial charge on any atom is 0.342 e. The summed E-state index contributed by atoms with van der Waals surface area (Å²) in [5, 5.41) is 7.57. The number of nitrogens with one attached hydrogen (secondary N) is 1. The molecule has 0 fully saturated rings. The fourth-order valence-electron chi connectivity index (χ4n) is 3.72. The monoisotopic (exact) mass is 396 g/mol. The molecule has 7 heteroatoms. The van der Waals surface area contributed by atoms with Crippen molar-refractivity contribution >= 4 is 17.4 Å². The average molecular weight is 396 g/mol. The van der Waals surface area contributed by atoms with Crippen LogP contribution in [0.3, 0.4) is 0 Å². The molecule has 2 aromatic heterocycles. The van der Waals surface area contributed by atoms with Gasteiger partial charge in [0.1, 0.15) is 11.3 Å². The Kier molecular flexibility index (Phi) is 5.86. The molecule has 154 valence electrons. The van der Waals surface area contributed by atoms with E-state index in [0.717, 1.165) is 24.1 Å². The molecular formula is C22H28N4O3. The first kappa shape index (κ1) is 20.8. The van der Waals surface area contributed by atoms with Crippen molar-refractivity contribution < 1.29 is 14.3 Å². The number of carbonyl (C=O) groups is 2. The lowest BCUT2D eigenvalue weighted by Crippen LogP contribution is -2.37. The Hall–Kier alpha value is -2.96. The molecule has 0 aliphatic carbocycles. The van der Waals surface area contributed by atoms with Gasteiger partial charge in [0.15, 0.2) is 0 Å². The third kappa shape index (κ3) is 4.23. The van der Waals surface area contributed by atoms with Crippen LogP contribution in [0.2, 0.25) is 0 Å². The summed E-state index contributed by atoms with van der Waals surface area (Å²) in [6.45, 7) is 10.2. The van der Waals surface area contributed by atoms with Crippen LogP contribution in [0.15, 0.2) is 30.7 Å². The Morgan fingerprint density at radius 2 is 1.97 bits per heavy atom. The van der Waals surface area contributed by atoms with E-state index in [1.165, 1.54) is 0 Å². The van der Waals surface area contributed by atoms with Crippen LogP contribution < -0.4 is 0 Å². The summed E-state index contributed by atoms with van der Waals surface area (Å²) in [6, 6.07) is 3.34. The minimum Gasteiger partial charge on any atom is -0.459 e. The van der Waals surface area contributed by atoms with Crippen molar-refractivity contribution in [3.05, 3.63) is 53.2 Å². The van der Waals surface area contributed by atoms with Gasteiger partial charge in [0.05, 0.1) is 6.10 Å². The number of fused-ring (bicyclic) bond motifs is 1. The van der Waals surface area contributed by atoms with Gasteiger partial charge in [-0.3, -0.25) is 14.9 Å². The number of aromatic amines is 1. The topological polar surface area (TPSA) is 88.2 Å². The summed E-state index contributed by atoms with van der Waals surface area (Å²) < 4.78 is 5.46. The zero-order valence-corrected chi connectivity index (χ0v) is 17.7. The van der Waals surface area contributed by atoms with Gasteiger partial charge in [0.2, 0.25) is 0 Å². The van der Waals surface area contributed by atoms with Crippen LogP contribution in [-0.4, -0.2) is 44.6 Å². The van der Waals surface area contributed by atoms with Crippen molar-refractivity contribution in [1.82, 2.24) is 20.1 Å². The molecule has 1 amide bonds. The third-order valence-corrected chi connectivity index (χ3v) is 4.87. The van der Waals surface area contributed by atoms with Crippen molar-refractivity contribution in [2.24, 2.45) is 0 Å². The normalized spacial score (nSPS) is 15.5. The number of pyridine rings is 1. The second-order valence-corrected chi connectivity index (χ2v) is 8.23. The van der Waals surface area contributed by atoms with E-state index in [4.69, 9.17) is 4.74 Å². The molecular weight excluding hydrogens is 368 g/mol. The lowest BCUT2D eigenvalue weighted by atomic mass is 9.81. The predicted octanol–water partition coefficient (Wildman–Crippen LogP) is 3.48. The second-order valence-electron chi connectivity index (χ2n) is 8.23. The molecule has 0 unspecified atom stereocenters. The Bertz CT molecular complexity index is 929. The smallest absolute Gasteiger partial charge is 0.342 e. The molecule has 1 aliphatic rings. The van der Waals surface area contributed by atoms with E-state index in [1.54, 1.807) is 49.5 Å². The van der Waals surface area contributed by atoms with Crippen LogP contribution in [0.1, 0.15) is 68.3 Å². The number of nitrogens with zero attached hydrogens (tertiary/aromatic N) is 3. The van der Waals surface area contributed by atoms with Crippen LogP contribution in [0.25, 0.3) is 5.57 Å². The van der Waals surface area contributed by atoms with E-state index in [0.29, 0.717) is 23.4 Å². The molecule has 29 heavy (non-hydrogen) atoms. The molecule has 3 rings (SSSR count). The molecule has 0 radical (unpaired) electrons. The minimum atomic E-state index is -0.485. The lowest BCUT2D eigenvalue weighted by Gasteiger charge is -2.30. The number of H-pyrrole nitrogens is 1. The average Bonchev–Trinajstić information content (AvgIpc) is 3.04. The quantitative estimate of drug-likeness (QED) is 0.782. The summed E-state index contributed by atoms with van der Waals surface area (Å²) in [4.78, 5) is 31.7. The maximum atomic E-state index is 13.2. The van der Waals surface area contributed by atoms with E-state index in [1.807, 2.05) is 0 Å². The van der Waals surface area contributed by atoms with Gasteiger partial charge in [-0.05, 0) is 32.4 Å². The van der Waals surface area contributed by atoms with Gasteiger partial charge >= 0.3 is 5.97 Å². The number of carbonyl (C=O) groups excluding carboxylic acids is 2. The minimum absolute atomic E-state index is 0.193. The predicted molar refractivity (Wildman–Crippen MR) is 110 cm³/mol. The van der Waals surface area contributed by atoms with Crippen LogP contribution in [0.4, 0.5) is 0 Å². The van der Waals surface area contributed by atoms with Crippen LogP contribution in [0, 0.1) is 0 Å². The number of esters is 1. The maximum absolute atomic E-state index is 13.2. The van der Waals surface area contributed by atoms with Gasteiger partial charge in [-0.15, -0.1) is 0 Å². The zero-order valence-electron chi connectivity index (χ0n) is 17.7. The van der Waals surface area contributed by atoms with E-state index in [2.05, 4.69) is 36.0 Å². The summed E-state index contributed by atoms with van der Waals surface area (Å²) in [5.74, 6) is -0.678. The zero-order chi connectivity index (χ0) is 21.2. The highest BCUT2D eigenvalue weighted by Crippen LogP contribution is 2.37. The van der Waals surface area contributed by atoms with Gasteiger partial charge < -0.3 is 9.64 Å². The van der Waals surface area contributed by atoms with E-state index in [9.17, 15) is 9.59 Å². The van der Waals surface area contributed by atoms with Crippen molar-refractivity contribution in [3.63, 3.8) is 0 Å².